The largest absolute Gasteiger partial charge is 0.507 e. The zero-order valence-corrected chi connectivity index (χ0v) is 24.5. The molecule has 0 aliphatic carbocycles. The van der Waals surface area contributed by atoms with E-state index in [-0.39, 0.29) is 34.7 Å². The van der Waals surface area contributed by atoms with Crippen LogP contribution in [0.15, 0.2) is 54.6 Å². The van der Waals surface area contributed by atoms with Gasteiger partial charge in [-0.3, -0.25) is 0 Å². The first-order valence-electron chi connectivity index (χ1n) is 14.5. The zero-order chi connectivity index (χ0) is 29.9. The van der Waals surface area contributed by atoms with Gasteiger partial charge in [-0.25, -0.2) is 15.0 Å². The number of hydrogen-bond donors (Lipinski definition) is 3. The van der Waals surface area contributed by atoms with Crippen molar-refractivity contribution in [2.75, 3.05) is 26.4 Å². The molecule has 4 aromatic rings. The van der Waals surface area contributed by atoms with Crippen molar-refractivity contribution >= 4 is 0 Å². The van der Waals surface area contributed by atoms with E-state index >= 15 is 0 Å². The van der Waals surface area contributed by atoms with E-state index in [2.05, 4.69) is 28.8 Å². The van der Waals surface area contributed by atoms with Crippen LogP contribution >= 0.6 is 0 Å². The number of rotatable bonds is 15. The first kappa shape index (κ1) is 30.6. The van der Waals surface area contributed by atoms with Gasteiger partial charge >= 0.3 is 0 Å². The lowest BCUT2D eigenvalue weighted by atomic mass is 10.1. The Hall–Kier alpha value is -4.37. The SMILES string of the molecule is CCCCOc1ccc(-c2nc(-c3ccc(CCOCC)cc3O)nc(-c3ccc(OCCCC)cc3O)n2)c(O)c1. The van der Waals surface area contributed by atoms with Crippen LogP contribution < -0.4 is 9.47 Å². The fraction of sp³-hybridized carbons (Fsp3) is 0.364. The van der Waals surface area contributed by atoms with E-state index < -0.39 is 0 Å². The molecule has 42 heavy (non-hydrogen) atoms. The molecule has 0 amide bonds. The molecule has 9 heteroatoms. The van der Waals surface area contributed by atoms with Crippen molar-refractivity contribution < 1.29 is 29.5 Å². The van der Waals surface area contributed by atoms with E-state index in [4.69, 9.17) is 14.2 Å². The van der Waals surface area contributed by atoms with Gasteiger partial charge in [0.05, 0.1) is 36.5 Å². The van der Waals surface area contributed by atoms with Crippen molar-refractivity contribution in [2.45, 2.75) is 52.9 Å². The maximum Gasteiger partial charge on any atom is 0.167 e. The summed E-state index contributed by atoms with van der Waals surface area (Å²) in [7, 11) is 0. The number of phenols is 3. The number of nitrogens with zero attached hydrogens (tertiary/aromatic N) is 3. The molecular weight excluding hydrogens is 534 g/mol. The summed E-state index contributed by atoms with van der Waals surface area (Å²) >= 11 is 0. The maximum atomic E-state index is 10.9. The highest BCUT2D eigenvalue weighted by atomic mass is 16.5. The number of hydrogen-bond acceptors (Lipinski definition) is 9. The average Bonchev–Trinajstić information content (AvgIpc) is 2.97. The van der Waals surface area contributed by atoms with Crippen LogP contribution in [0.25, 0.3) is 34.2 Å². The Balaban J connectivity index is 1.76. The van der Waals surface area contributed by atoms with E-state index in [0.29, 0.717) is 61.0 Å². The third-order valence-electron chi connectivity index (χ3n) is 6.63. The van der Waals surface area contributed by atoms with E-state index in [9.17, 15) is 15.3 Å². The third kappa shape index (κ3) is 7.88. The molecule has 3 aromatic carbocycles. The molecular formula is C33H39N3O6. The Morgan fingerprint density at radius 2 is 1.02 bits per heavy atom. The standard InChI is InChI=1S/C33H39N3O6/c1-4-7-16-41-23-10-13-26(29(38)20-23)32-34-31(25-12-9-22(19-28(25)37)15-18-40-6-3)35-33(36-32)27-14-11-24(21-30(27)39)42-17-8-5-2/h9-14,19-21,37-39H,4-8,15-18H2,1-3H3. The molecule has 0 aliphatic heterocycles. The molecule has 0 spiro atoms. The molecule has 1 heterocycles. The van der Waals surface area contributed by atoms with Crippen molar-refractivity contribution in [1.82, 2.24) is 15.0 Å². The highest BCUT2D eigenvalue weighted by Crippen LogP contribution is 2.37. The number of aromatic hydroxyl groups is 3. The van der Waals surface area contributed by atoms with E-state index in [1.54, 1.807) is 36.4 Å². The Morgan fingerprint density at radius 1 is 0.571 bits per heavy atom. The molecule has 0 saturated heterocycles. The first-order chi connectivity index (χ1) is 20.4. The van der Waals surface area contributed by atoms with Gasteiger partial charge in [-0.05, 0) is 68.1 Å². The van der Waals surface area contributed by atoms with Crippen molar-refractivity contribution in [3.63, 3.8) is 0 Å². The van der Waals surface area contributed by atoms with Gasteiger partial charge in [0.1, 0.15) is 28.7 Å². The van der Waals surface area contributed by atoms with Crippen LogP contribution in [0.4, 0.5) is 0 Å². The Morgan fingerprint density at radius 3 is 1.43 bits per heavy atom. The molecule has 0 aliphatic rings. The summed E-state index contributed by atoms with van der Waals surface area (Å²) in [5.41, 5.74) is 2.01. The third-order valence-corrected chi connectivity index (χ3v) is 6.63. The lowest BCUT2D eigenvalue weighted by Gasteiger charge is -2.13. The number of ether oxygens (including phenoxy) is 3. The topological polar surface area (TPSA) is 127 Å². The average molecular weight is 574 g/mol. The molecule has 9 nitrogen and oxygen atoms in total. The van der Waals surface area contributed by atoms with E-state index in [0.717, 1.165) is 31.2 Å². The molecule has 0 unspecified atom stereocenters. The second-order valence-corrected chi connectivity index (χ2v) is 9.87. The van der Waals surface area contributed by atoms with Crippen molar-refractivity contribution in [2.24, 2.45) is 0 Å². The van der Waals surface area contributed by atoms with Gasteiger partial charge in [-0.2, -0.15) is 0 Å². The number of benzene rings is 3. The minimum absolute atomic E-state index is 0.000105. The highest BCUT2D eigenvalue weighted by molar-refractivity contribution is 5.74. The molecule has 0 atom stereocenters. The van der Waals surface area contributed by atoms with Crippen LogP contribution in [0.1, 0.15) is 52.0 Å². The second kappa shape index (κ2) is 15.0. The summed E-state index contributed by atoms with van der Waals surface area (Å²) in [5.74, 6) is 1.49. The Bertz CT molecular complexity index is 1290. The van der Waals surface area contributed by atoms with Crippen LogP contribution in [-0.4, -0.2) is 56.7 Å². The summed E-state index contributed by atoms with van der Waals surface area (Å²) < 4.78 is 16.9. The van der Waals surface area contributed by atoms with E-state index in [1.807, 2.05) is 13.0 Å². The van der Waals surface area contributed by atoms with Gasteiger partial charge < -0.3 is 29.5 Å². The van der Waals surface area contributed by atoms with Gasteiger partial charge in [0.2, 0.25) is 0 Å². The molecule has 0 radical (unpaired) electrons. The molecule has 222 valence electrons. The second-order valence-electron chi connectivity index (χ2n) is 9.87. The predicted octanol–water partition coefficient (Wildman–Crippen LogP) is 6.93. The Labute approximate surface area is 246 Å². The fourth-order valence-electron chi connectivity index (χ4n) is 4.24. The predicted molar refractivity (Wildman–Crippen MR) is 162 cm³/mol. The summed E-state index contributed by atoms with van der Waals surface area (Å²) in [4.78, 5) is 13.8. The number of unbranched alkanes of at least 4 members (excludes halogenated alkanes) is 2. The molecule has 4 rings (SSSR count). The number of phenolic OH excluding ortho intramolecular Hbond substituents is 3. The lowest BCUT2D eigenvalue weighted by Crippen LogP contribution is -2.02. The first-order valence-corrected chi connectivity index (χ1v) is 14.5. The van der Waals surface area contributed by atoms with Crippen molar-refractivity contribution in [3.8, 4) is 62.9 Å². The van der Waals surface area contributed by atoms with Crippen LogP contribution in [0.5, 0.6) is 28.7 Å². The van der Waals surface area contributed by atoms with Crippen molar-refractivity contribution in [3.05, 3.63) is 60.2 Å². The van der Waals surface area contributed by atoms with Gasteiger partial charge in [0, 0.05) is 18.7 Å². The van der Waals surface area contributed by atoms with Crippen LogP contribution in [0.2, 0.25) is 0 Å². The van der Waals surface area contributed by atoms with E-state index in [1.165, 1.54) is 12.1 Å². The smallest absolute Gasteiger partial charge is 0.167 e. The molecule has 0 bridgehead atoms. The van der Waals surface area contributed by atoms with Gasteiger partial charge in [0.15, 0.2) is 17.5 Å². The van der Waals surface area contributed by atoms with Gasteiger partial charge in [0.25, 0.3) is 0 Å². The minimum Gasteiger partial charge on any atom is -0.507 e. The molecule has 3 N–H and O–H groups in total. The zero-order valence-electron chi connectivity index (χ0n) is 24.5. The van der Waals surface area contributed by atoms with Crippen molar-refractivity contribution in [1.29, 1.82) is 0 Å². The quantitative estimate of drug-likeness (QED) is 0.130. The van der Waals surface area contributed by atoms with Gasteiger partial charge in [-0.1, -0.05) is 32.8 Å². The molecule has 1 aromatic heterocycles. The normalized spacial score (nSPS) is 11.0. The Kier molecular flexibility index (Phi) is 10.9. The summed E-state index contributed by atoms with van der Waals surface area (Å²) in [6.07, 6.45) is 4.46. The maximum absolute atomic E-state index is 10.9. The highest BCUT2D eigenvalue weighted by Gasteiger charge is 2.19. The van der Waals surface area contributed by atoms with Crippen LogP contribution in [0.3, 0.4) is 0 Å². The minimum atomic E-state index is -0.0634. The summed E-state index contributed by atoms with van der Waals surface area (Å²) in [6.45, 7) is 8.36. The van der Waals surface area contributed by atoms with Gasteiger partial charge in [-0.15, -0.1) is 0 Å². The fourth-order valence-corrected chi connectivity index (χ4v) is 4.24. The lowest BCUT2D eigenvalue weighted by molar-refractivity contribution is 0.151. The summed E-state index contributed by atoms with van der Waals surface area (Å²) in [6, 6.07) is 15.2. The number of aromatic nitrogens is 3. The van der Waals surface area contributed by atoms with Crippen LogP contribution in [-0.2, 0) is 11.2 Å². The molecule has 0 saturated carbocycles. The molecule has 0 fully saturated rings. The van der Waals surface area contributed by atoms with Crippen LogP contribution in [0, 0.1) is 0 Å². The monoisotopic (exact) mass is 573 g/mol. The summed E-state index contributed by atoms with van der Waals surface area (Å²) in [5, 5.41) is 32.7.